The summed E-state index contributed by atoms with van der Waals surface area (Å²) in [4.78, 5) is 13.3. The zero-order valence-electron chi connectivity index (χ0n) is 19.4. The highest BCUT2D eigenvalue weighted by Crippen LogP contribution is 2.38. The Labute approximate surface area is 200 Å². The Morgan fingerprint density at radius 2 is 1.88 bits per heavy atom. The smallest absolute Gasteiger partial charge is 0.264 e. The average Bonchev–Trinajstić information content (AvgIpc) is 3.17. The van der Waals surface area contributed by atoms with Crippen molar-refractivity contribution in [3.05, 3.63) is 77.9 Å². The van der Waals surface area contributed by atoms with Crippen LogP contribution in [0.4, 0.5) is 11.4 Å². The topological polar surface area (TPSA) is 84.9 Å². The number of nitrogens with zero attached hydrogens (tertiary/aromatic N) is 1. The summed E-state index contributed by atoms with van der Waals surface area (Å²) < 4.78 is 39.7. The van der Waals surface area contributed by atoms with Crippen LogP contribution in [0, 0.1) is 6.92 Å². The lowest BCUT2D eigenvalue weighted by molar-refractivity contribution is -0.114. The zero-order valence-corrected chi connectivity index (χ0v) is 20.3. The van der Waals surface area contributed by atoms with Gasteiger partial charge >= 0.3 is 0 Å². The van der Waals surface area contributed by atoms with Crippen LogP contribution in [0.25, 0.3) is 0 Å². The molecule has 0 fully saturated rings. The van der Waals surface area contributed by atoms with E-state index in [2.05, 4.69) is 5.32 Å². The minimum atomic E-state index is -3.98. The average molecular weight is 481 g/mol. The molecule has 0 unspecified atom stereocenters. The third-order valence-corrected chi connectivity index (χ3v) is 7.25. The molecule has 8 heteroatoms. The van der Waals surface area contributed by atoms with Crippen molar-refractivity contribution in [3.63, 3.8) is 0 Å². The number of carbonyl (C=O) groups is 1. The van der Waals surface area contributed by atoms with Gasteiger partial charge in [0.2, 0.25) is 5.91 Å². The lowest BCUT2D eigenvalue weighted by Crippen LogP contribution is -2.38. The molecule has 0 radical (unpaired) electrons. The third-order valence-electron chi connectivity index (χ3n) is 5.48. The van der Waals surface area contributed by atoms with E-state index in [0.29, 0.717) is 29.5 Å². The van der Waals surface area contributed by atoms with Crippen LogP contribution in [0.2, 0.25) is 0 Å². The van der Waals surface area contributed by atoms with E-state index in [-0.39, 0.29) is 11.0 Å². The number of amides is 1. The van der Waals surface area contributed by atoms with Crippen molar-refractivity contribution in [2.45, 2.75) is 38.2 Å². The van der Waals surface area contributed by atoms with Crippen molar-refractivity contribution in [2.24, 2.45) is 0 Å². The van der Waals surface area contributed by atoms with Gasteiger partial charge in [-0.2, -0.15) is 0 Å². The molecule has 1 aliphatic rings. The highest BCUT2D eigenvalue weighted by Gasteiger charge is 2.28. The van der Waals surface area contributed by atoms with Crippen LogP contribution in [0.3, 0.4) is 0 Å². The highest BCUT2D eigenvalue weighted by molar-refractivity contribution is 7.92. The fourth-order valence-corrected chi connectivity index (χ4v) is 5.47. The number of carbonyl (C=O) groups excluding carboxylic acids is 1. The Hall–Kier alpha value is -3.52. The van der Waals surface area contributed by atoms with E-state index in [4.69, 9.17) is 9.47 Å². The van der Waals surface area contributed by atoms with E-state index in [1.807, 2.05) is 32.9 Å². The van der Waals surface area contributed by atoms with Crippen molar-refractivity contribution < 1.29 is 22.7 Å². The fraction of sp³-hybridized carbons (Fsp3) is 0.269. The largest absolute Gasteiger partial charge is 0.492 e. The summed E-state index contributed by atoms with van der Waals surface area (Å²) >= 11 is 0. The van der Waals surface area contributed by atoms with Crippen LogP contribution in [-0.4, -0.2) is 33.6 Å². The maximum Gasteiger partial charge on any atom is 0.264 e. The van der Waals surface area contributed by atoms with Gasteiger partial charge in [0.05, 0.1) is 22.9 Å². The van der Waals surface area contributed by atoms with Crippen molar-refractivity contribution in [2.75, 3.05) is 22.8 Å². The number of para-hydroxylation sites is 1. The molecule has 34 heavy (non-hydrogen) atoms. The summed E-state index contributed by atoms with van der Waals surface area (Å²) in [5.41, 5.74) is 2.67. The predicted molar refractivity (Wildman–Crippen MR) is 132 cm³/mol. The Morgan fingerprint density at radius 1 is 1.12 bits per heavy atom. The van der Waals surface area contributed by atoms with E-state index in [1.54, 1.807) is 48.5 Å². The van der Waals surface area contributed by atoms with E-state index in [0.717, 1.165) is 21.9 Å². The number of hydrogen-bond donors (Lipinski definition) is 1. The molecule has 4 rings (SSSR count). The van der Waals surface area contributed by atoms with E-state index < -0.39 is 22.5 Å². The van der Waals surface area contributed by atoms with E-state index in [9.17, 15) is 13.2 Å². The van der Waals surface area contributed by atoms with Gasteiger partial charge in [-0.05, 0) is 56.7 Å². The Morgan fingerprint density at radius 3 is 2.59 bits per heavy atom. The molecule has 0 bridgehead atoms. The Bertz CT molecular complexity index is 1290. The first-order valence-electron chi connectivity index (χ1n) is 11.2. The molecule has 0 aliphatic carbocycles. The van der Waals surface area contributed by atoms with Crippen LogP contribution in [0.5, 0.6) is 11.5 Å². The van der Waals surface area contributed by atoms with Crippen molar-refractivity contribution in [1.82, 2.24) is 0 Å². The summed E-state index contributed by atoms with van der Waals surface area (Å²) in [5, 5.41) is 2.83. The predicted octanol–water partition coefficient (Wildman–Crippen LogP) is 4.55. The molecule has 1 N–H and O–H groups in total. The molecule has 0 spiro atoms. The second kappa shape index (κ2) is 9.77. The molecule has 1 atom stereocenters. The quantitative estimate of drug-likeness (QED) is 0.511. The van der Waals surface area contributed by atoms with E-state index in [1.165, 1.54) is 6.07 Å². The first-order valence-corrected chi connectivity index (χ1v) is 12.6. The van der Waals surface area contributed by atoms with Gasteiger partial charge in [0, 0.05) is 18.1 Å². The molecule has 1 amide bonds. The number of benzene rings is 3. The number of aryl methyl sites for hydroxylation is 1. The van der Waals surface area contributed by atoms with E-state index >= 15 is 0 Å². The number of rotatable bonds is 8. The van der Waals surface area contributed by atoms with Crippen molar-refractivity contribution in [3.8, 4) is 11.5 Å². The molecule has 0 saturated carbocycles. The SMILES string of the molecule is CCOc1cc2c(cc1NC(=O)CN(c1ccccc1)S(=O)(=O)c1cccc(C)c1)O[C@@H](C)C2. The molecule has 1 aliphatic heterocycles. The zero-order chi connectivity index (χ0) is 24.3. The Balaban J connectivity index is 1.64. The molecule has 0 aromatic heterocycles. The molecule has 3 aromatic rings. The van der Waals surface area contributed by atoms with Crippen LogP contribution < -0.4 is 19.1 Å². The van der Waals surface area contributed by atoms with Gasteiger partial charge in [-0.1, -0.05) is 30.3 Å². The molecule has 1 heterocycles. The lowest BCUT2D eigenvalue weighted by Gasteiger charge is -2.24. The summed E-state index contributed by atoms with van der Waals surface area (Å²) in [6.07, 6.45) is 0.809. The highest BCUT2D eigenvalue weighted by atomic mass is 32.2. The van der Waals surface area contributed by atoms with Crippen LogP contribution >= 0.6 is 0 Å². The van der Waals surface area contributed by atoms with Gasteiger partial charge < -0.3 is 14.8 Å². The summed E-state index contributed by atoms with van der Waals surface area (Å²) in [7, 11) is -3.98. The minimum absolute atomic E-state index is 0.0449. The van der Waals surface area contributed by atoms with Crippen molar-refractivity contribution in [1.29, 1.82) is 0 Å². The van der Waals surface area contributed by atoms with Crippen LogP contribution in [0.1, 0.15) is 25.0 Å². The number of anilines is 2. The molecular formula is C26H28N2O5S. The van der Waals surface area contributed by atoms with Crippen LogP contribution in [-0.2, 0) is 21.2 Å². The normalized spacial score (nSPS) is 14.7. The number of hydrogen-bond acceptors (Lipinski definition) is 5. The number of nitrogens with one attached hydrogen (secondary N) is 1. The van der Waals surface area contributed by atoms with Gasteiger partial charge in [0.1, 0.15) is 24.1 Å². The minimum Gasteiger partial charge on any atom is -0.492 e. The maximum absolute atomic E-state index is 13.5. The second-order valence-electron chi connectivity index (χ2n) is 8.23. The maximum atomic E-state index is 13.5. The number of sulfonamides is 1. The number of fused-ring (bicyclic) bond motifs is 1. The fourth-order valence-electron chi connectivity index (χ4n) is 3.94. The summed E-state index contributed by atoms with van der Waals surface area (Å²) in [6, 6.07) is 18.8. The van der Waals surface area contributed by atoms with Crippen LogP contribution in [0.15, 0.2) is 71.6 Å². The first kappa shape index (κ1) is 23.6. The van der Waals surface area contributed by atoms with Gasteiger partial charge in [-0.3, -0.25) is 9.10 Å². The summed E-state index contributed by atoms with van der Waals surface area (Å²) in [6.45, 7) is 5.69. The van der Waals surface area contributed by atoms with Crippen molar-refractivity contribution >= 4 is 27.3 Å². The molecular weight excluding hydrogens is 452 g/mol. The van der Waals surface area contributed by atoms with Gasteiger partial charge in [-0.15, -0.1) is 0 Å². The standard InChI is InChI=1S/C26H28N2O5S/c1-4-32-25-15-20-14-19(3)33-24(20)16-23(25)27-26(29)17-28(21-10-6-5-7-11-21)34(30,31)22-12-8-9-18(2)13-22/h5-13,15-16,19H,4,14,17H2,1-3H3,(H,27,29)/t19-/m0/s1. The third kappa shape index (κ3) is 5.02. The Kier molecular flexibility index (Phi) is 6.79. The summed E-state index contributed by atoms with van der Waals surface area (Å²) in [5.74, 6) is 0.727. The second-order valence-corrected chi connectivity index (χ2v) is 10.1. The molecule has 7 nitrogen and oxygen atoms in total. The van der Waals surface area contributed by atoms with Gasteiger partial charge in [0.25, 0.3) is 10.0 Å². The molecule has 178 valence electrons. The lowest BCUT2D eigenvalue weighted by atomic mass is 10.1. The van der Waals surface area contributed by atoms with Gasteiger partial charge in [0.15, 0.2) is 0 Å². The monoisotopic (exact) mass is 480 g/mol. The number of ether oxygens (including phenoxy) is 2. The van der Waals surface area contributed by atoms with Gasteiger partial charge in [-0.25, -0.2) is 8.42 Å². The first-order chi connectivity index (χ1) is 16.3. The molecule has 3 aromatic carbocycles. The molecule has 0 saturated heterocycles.